The number of aliphatic hydroxyl groups excluding tert-OH is 2. The molecule has 3 heterocycles. The van der Waals surface area contributed by atoms with Gasteiger partial charge in [-0.3, -0.25) is 23.4 Å². The Bertz CT molecular complexity index is 1280. The number of phosphoric acid groups is 1. The summed E-state index contributed by atoms with van der Waals surface area (Å²) in [7, 11) is -3.48. The number of benzene rings is 1. The normalized spacial score (nSPS) is 33.1. The van der Waals surface area contributed by atoms with Crippen molar-refractivity contribution in [2.45, 2.75) is 37.8 Å². The first kappa shape index (κ1) is 20.5. The Labute approximate surface area is 188 Å². The number of aromatic amines is 1. The van der Waals surface area contributed by atoms with E-state index in [9.17, 15) is 19.6 Å². The predicted molar refractivity (Wildman–Crippen MR) is 109 cm³/mol. The zero-order valence-corrected chi connectivity index (χ0v) is 18.4. The quantitative estimate of drug-likeness (QED) is 0.418. The van der Waals surface area contributed by atoms with Crippen LogP contribution < -0.4 is 14.8 Å². The van der Waals surface area contributed by atoms with Crippen molar-refractivity contribution in [1.29, 1.82) is 0 Å². The van der Waals surface area contributed by atoms with Crippen molar-refractivity contribution >= 4 is 20.0 Å². The van der Waals surface area contributed by atoms with Gasteiger partial charge in [0.25, 0.3) is 11.4 Å². The number of nitrogens with one attached hydrogen (secondary N) is 1. The Morgan fingerprint density at radius 3 is 2.97 bits per heavy atom. The highest BCUT2D eigenvalue weighted by Gasteiger charge is 2.57. The Kier molecular flexibility index (Phi) is 5.34. The average molecular weight is 492 g/mol. The lowest BCUT2D eigenvalue weighted by molar-refractivity contribution is -0.205. The summed E-state index contributed by atoms with van der Waals surface area (Å²) in [6.07, 6.45) is -5.21. The molecule has 0 saturated carbocycles. The topological polar surface area (TPSA) is 141 Å². The molecule has 2 aliphatic rings. The number of alkyl halides is 1. The van der Waals surface area contributed by atoms with Crippen LogP contribution in [0.25, 0.3) is 0 Å². The molecule has 1 aromatic heterocycles. The van der Waals surface area contributed by atoms with E-state index in [1.54, 1.807) is 12.1 Å². The van der Waals surface area contributed by atoms with E-state index in [0.717, 1.165) is 10.8 Å². The lowest BCUT2D eigenvalue weighted by Gasteiger charge is -2.29. The van der Waals surface area contributed by atoms with Gasteiger partial charge in [0.15, 0.2) is 22.5 Å². The lowest BCUT2D eigenvalue weighted by atomic mass is 10.1. The number of para-hydroxylation sites is 1. The maximum absolute atomic E-state index is 15.8. The third-order valence-electron chi connectivity index (χ3n) is 4.87. The van der Waals surface area contributed by atoms with Crippen molar-refractivity contribution in [2.75, 3.05) is 13.7 Å². The number of halogens is 1. The lowest BCUT2D eigenvalue weighted by Crippen LogP contribution is -2.43. The molecule has 0 radical (unpaired) electrons. The third kappa shape index (κ3) is 4.01. The van der Waals surface area contributed by atoms with Crippen molar-refractivity contribution in [3.8, 4) is 11.5 Å². The van der Waals surface area contributed by atoms with Gasteiger partial charge < -0.3 is 24.2 Å². The molecule has 2 aliphatic heterocycles. The molecule has 0 spiro atoms. The minimum Gasteiger partial charge on any atom is -0.493 e. The van der Waals surface area contributed by atoms with Crippen LogP contribution in [0, 0.1) is 11.7 Å². The highest BCUT2D eigenvalue weighted by atomic mass is 32.1. The fraction of sp³-hybridized carbons (Fsp3) is 0.444. The maximum Gasteiger partial charge on any atom is 0.530 e. The van der Waals surface area contributed by atoms with E-state index < -0.39 is 44.2 Å². The fourth-order valence-electron chi connectivity index (χ4n) is 3.16. The van der Waals surface area contributed by atoms with Crippen molar-refractivity contribution in [1.82, 2.24) is 9.55 Å². The third-order valence-corrected chi connectivity index (χ3v) is 6.35. The number of methoxy groups -OCH3 is 1. The van der Waals surface area contributed by atoms with Gasteiger partial charge in [0.05, 0.1) is 16.5 Å². The highest BCUT2D eigenvalue weighted by molar-refractivity contribution is 7.71. The number of ether oxygens (including phenoxy) is 2. The monoisotopic (exact) mass is 492 g/mol. The van der Waals surface area contributed by atoms with Crippen molar-refractivity contribution in [3.63, 3.8) is 0 Å². The standard InChI is InChI=1S/C18H20FN2O9PS/c1-9-6-21(17(32)20-15(9)24)16-12(22)14(23)18(19,29-16)8-28-31(25)27-7-10-4-3-5-11(26-2)13(10)30-31/h3-6,12,14,16,22-23H,7-8H2,1-2H3,(H,20,24,32)/t12-,14+,16-,18-,31?/m1/s1/i8D2. The molecular formula is C18H20FN2O9PS. The largest absolute Gasteiger partial charge is 0.530 e. The minimum absolute atomic E-state index is 0.0517. The van der Waals surface area contributed by atoms with E-state index >= 15 is 4.39 Å². The molecule has 0 bridgehead atoms. The summed E-state index contributed by atoms with van der Waals surface area (Å²) in [6.45, 7) is -2.60. The number of H-pyrrole nitrogens is 1. The molecule has 14 heteroatoms. The van der Waals surface area contributed by atoms with Gasteiger partial charge in [-0.25, -0.2) is 8.96 Å². The van der Waals surface area contributed by atoms with E-state index in [2.05, 4.69) is 4.98 Å². The Balaban J connectivity index is 1.64. The van der Waals surface area contributed by atoms with Crippen molar-refractivity contribution < 1.29 is 45.0 Å². The summed E-state index contributed by atoms with van der Waals surface area (Å²) >= 11 is 5.00. The Hall–Kier alpha value is -2.12. The first-order chi connectivity index (χ1) is 15.8. The van der Waals surface area contributed by atoms with Crippen LogP contribution in [-0.4, -0.2) is 51.5 Å². The number of rotatable bonds is 5. The molecule has 1 fully saturated rings. The summed E-state index contributed by atoms with van der Waals surface area (Å²) in [6, 6.07) is 4.68. The summed E-state index contributed by atoms with van der Waals surface area (Å²) in [5.74, 6) is -3.67. The number of hydrogen-bond donors (Lipinski definition) is 3. The predicted octanol–water partition coefficient (Wildman–Crippen LogP) is 1.87. The molecule has 0 amide bonds. The zero-order chi connectivity index (χ0) is 25.1. The number of phosphoric ester groups is 1. The van der Waals surface area contributed by atoms with Gasteiger partial charge >= 0.3 is 7.82 Å². The minimum atomic E-state index is -4.81. The van der Waals surface area contributed by atoms with Gasteiger partial charge in [-0.15, -0.1) is 0 Å². The average Bonchev–Trinajstić information content (AvgIpc) is 3.00. The number of nitrogens with zero attached hydrogens (tertiary/aromatic N) is 1. The zero-order valence-electron chi connectivity index (χ0n) is 18.7. The summed E-state index contributed by atoms with van der Waals surface area (Å²) < 4.78 is 71.0. The number of fused-ring (bicyclic) bond motifs is 1. The van der Waals surface area contributed by atoms with Crippen LogP contribution in [0.15, 0.2) is 29.2 Å². The number of hydrogen-bond acceptors (Lipinski definition) is 10. The molecule has 1 aromatic carbocycles. The van der Waals surface area contributed by atoms with Gasteiger partial charge in [0, 0.05) is 17.3 Å². The summed E-state index contributed by atoms with van der Waals surface area (Å²) in [5.41, 5.74) is -0.00386. The van der Waals surface area contributed by atoms with E-state index in [-0.39, 0.29) is 28.4 Å². The summed E-state index contributed by atoms with van der Waals surface area (Å²) in [5, 5.41) is 20.8. The molecule has 5 atom stereocenters. The molecule has 174 valence electrons. The van der Waals surface area contributed by atoms with E-state index in [0.29, 0.717) is 5.56 Å². The smallest absolute Gasteiger partial charge is 0.493 e. The van der Waals surface area contributed by atoms with Crippen LogP contribution in [0.5, 0.6) is 11.5 Å². The molecule has 4 rings (SSSR count). The molecule has 32 heavy (non-hydrogen) atoms. The number of aliphatic hydroxyl groups is 2. The van der Waals surface area contributed by atoms with Crippen LogP contribution in [0.2, 0.25) is 0 Å². The van der Waals surface area contributed by atoms with Crippen molar-refractivity contribution in [2.24, 2.45) is 0 Å². The maximum atomic E-state index is 15.8. The van der Waals surface area contributed by atoms with Gasteiger partial charge in [0.1, 0.15) is 18.8 Å². The van der Waals surface area contributed by atoms with Crippen LogP contribution in [0.1, 0.15) is 20.1 Å². The van der Waals surface area contributed by atoms with Crippen molar-refractivity contribution in [3.05, 3.63) is 50.6 Å². The first-order valence-electron chi connectivity index (χ1n) is 10.2. The first-order valence-corrected chi connectivity index (χ1v) is 11.0. The van der Waals surface area contributed by atoms with Crippen LogP contribution >= 0.6 is 20.0 Å². The molecule has 0 aliphatic carbocycles. The second kappa shape index (κ2) is 8.34. The molecule has 3 N–H and O–H groups in total. The fourth-order valence-corrected chi connectivity index (χ4v) is 4.52. The van der Waals surface area contributed by atoms with Gasteiger partial charge in [-0.1, -0.05) is 12.1 Å². The molecule has 2 aromatic rings. The van der Waals surface area contributed by atoms with E-state index in [1.165, 1.54) is 20.1 Å². The van der Waals surface area contributed by atoms with Crippen LogP contribution in [0.4, 0.5) is 4.39 Å². The second-order valence-electron chi connectivity index (χ2n) is 7.02. The SMILES string of the molecule is [2H]C([2H])(OP1(=O)OCc2cccc(OC)c2O1)[C@@]1(F)O[C@@H](n2cc(C)c(=O)[nH]c2=S)[C@H](O)[C@@H]1O. The van der Waals surface area contributed by atoms with Gasteiger partial charge in [0.2, 0.25) is 0 Å². The van der Waals surface area contributed by atoms with Gasteiger partial charge in [-0.05, 0) is 25.2 Å². The molecule has 11 nitrogen and oxygen atoms in total. The number of aromatic nitrogens is 2. The second-order valence-corrected chi connectivity index (χ2v) is 8.93. The van der Waals surface area contributed by atoms with Gasteiger partial charge in [-0.2, -0.15) is 0 Å². The van der Waals surface area contributed by atoms with Crippen LogP contribution in [0.3, 0.4) is 0 Å². The highest BCUT2D eigenvalue weighted by Crippen LogP contribution is 2.57. The Morgan fingerprint density at radius 2 is 2.25 bits per heavy atom. The molecule has 1 unspecified atom stereocenters. The Morgan fingerprint density at radius 1 is 1.50 bits per heavy atom. The molecular weight excluding hydrogens is 470 g/mol. The molecule has 1 saturated heterocycles. The van der Waals surface area contributed by atoms with E-state index in [4.69, 9.17) is 38.0 Å². The number of aryl methyl sites for hydroxylation is 1. The van der Waals surface area contributed by atoms with E-state index in [1.807, 2.05) is 0 Å². The summed E-state index contributed by atoms with van der Waals surface area (Å²) in [4.78, 5) is 14.0. The van der Waals surface area contributed by atoms with Crippen LogP contribution in [-0.2, 0) is 25.0 Å².